The quantitative estimate of drug-likeness (QED) is 0.434. The van der Waals surface area contributed by atoms with Crippen LogP contribution in [0.25, 0.3) is 22.3 Å². The second kappa shape index (κ2) is 8.89. The molecule has 1 unspecified atom stereocenters. The number of rotatable bonds is 6. The summed E-state index contributed by atoms with van der Waals surface area (Å²) in [6.45, 7) is 3.00. The van der Waals surface area contributed by atoms with E-state index in [1.807, 2.05) is 30.3 Å². The molecule has 1 heterocycles. The Bertz CT molecular complexity index is 1340. The van der Waals surface area contributed by atoms with Crippen molar-refractivity contribution in [2.45, 2.75) is 20.0 Å². The van der Waals surface area contributed by atoms with Crippen LogP contribution in [0.3, 0.4) is 0 Å². The fourth-order valence-electron chi connectivity index (χ4n) is 3.40. The lowest BCUT2D eigenvalue weighted by molar-refractivity contribution is -0.114. The van der Waals surface area contributed by atoms with Crippen LogP contribution in [0.5, 0.6) is 5.75 Å². The van der Waals surface area contributed by atoms with Gasteiger partial charge >= 0.3 is 0 Å². The Hall–Kier alpha value is -4.19. The molecule has 1 N–H and O–H groups in total. The van der Waals surface area contributed by atoms with Crippen molar-refractivity contribution < 1.29 is 18.7 Å². The number of fused-ring (bicyclic) bond motifs is 1. The molecule has 1 amide bonds. The number of nitrogens with one attached hydrogen (secondary N) is 1. The SMILES string of the molecule is CC(=O)Nc1ccc(C(=O)C(C)Oc2c(-c3ccccc3)oc3ccccc3c2=O)cc1. The van der Waals surface area contributed by atoms with Gasteiger partial charge in [0.2, 0.25) is 22.9 Å². The van der Waals surface area contributed by atoms with Crippen molar-refractivity contribution >= 4 is 28.3 Å². The third kappa shape index (κ3) is 4.30. The molecule has 0 radical (unpaired) electrons. The van der Waals surface area contributed by atoms with Gasteiger partial charge < -0.3 is 14.5 Å². The maximum absolute atomic E-state index is 13.2. The molecule has 0 aliphatic carbocycles. The first-order valence-electron chi connectivity index (χ1n) is 10.1. The van der Waals surface area contributed by atoms with Crippen LogP contribution in [0.15, 0.2) is 88.1 Å². The fraction of sp³-hybridized carbons (Fsp3) is 0.115. The van der Waals surface area contributed by atoms with Gasteiger partial charge in [0.15, 0.2) is 11.9 Å². The van der Waals surface area contributed by atoms with Crippen molar-refractivity contribution in [3.63, 3.8) is 0 Å². The zero-order valence-corrected chi connectivity index (χ0v) is 17.6. The Balaban J connectivity index is 1.70. The zero-order valence-electron chi connectivity index (χ0n) is 17.6. The number of amides is 1. The molecule has 3 aromatic carbocycles. The minimum Gasteiger partial charge on any atom is -0.475 e. The van der Waals surface area contributed by atoms with Gasteiger partial charge in [0.05, 0.1) is 5.39 Å². The summed E-state index contributed by atoms with van der Waals surface area (Å²) in [6, 6.07) is 22.6. The molecule has 0 saturated carbocycles. The highest BCUT2D eigenvalue weighted by molar-refractivity contribution is 6.00. The minimum absolute atomic E-state index is 0.00869. The molecule has 4 rings (SSSR count). The molecule has 32 heavy (non-hydrogen) atoms. The van der Waals surface area contributed by atoms with E-state index in [0.717, 1.165) is 0 Å². The average molecular weight is 427 g/mol. The predicted octanol–water partition coefficient (Wildman–Crippen LogP) is 5.07. The predicted molar refractivity (Wildman–Crippen MR) is 123 cm³/mol. The molecule has 0 aliphatic rings. The van der Waals surface area contributed by atoms with Gasteiger partial charge in [-0.25, -0.2) is 0 Å². The first-order chi connectivity index (χ1) is 15.4. The van der Waals surface area contributed by atoms with Crippen molar-refractivity contribution in [3.05, 3.63) is 94.6 Å². The molecule has 0 spiro atoms. The molecule has 160 valence electrons. The lowest BCUT2D eigenvalue weighted by Gasteiger charge is -2.16. The number of Topliss-reactive ketones (excluding diaryl/α,β-unsaturated/α-hetero) is 1. The summed E-state index contributed by atoms with van der Waals surface area (Å²) < 4.78 is 11.9. The van der Waals surface area contributed by atoms with E-state index >= 15 is 0 Å². The van der Waals surface area contributed by atoms with Crippen LogP contribution in [-0.2, 0) is 4.79 Å². The van der Waals surface area contributed by atoms with Crippen LogP contribution < -0.4 is 15.5 Å². The third-order valence-electron chi connectivity index (χ3n) is 4.95. The fourth-order valence-corrected chi connectivity index (χ4v) is 3.40. The van der Waals surface area contributed by atoms with Gasteiger partial charge in [0.1, 0.15) is 5.58 Å². The molecule has 4 aromatic rings. The van der Waals surface area contributed by atoms with Crippen LogP contribution in [0.4, 0.5) is 5.69 Å². The number of carbonyl (C=O) groups excluding carboxylic acids is 2. The maximum atomic E-state index is 13.2. The Labute approximate surface area is 184 Å². The molecule has 6 nitrogen and oxygen atoms in total. The van der Waals surface area contributed by atoms with Gasteiger partial charge in [-0.05, 0) is 43.3 Å². The average Bonchev–Trinajstić information content (AvgIpc) is 2.81. The lowest BCUT2D eigenvalue weighted by Crippen LogP contribution is -2.26. The second-order valence-electron chi connectivity index (χ2n) is 7.33. The van der Waals surface area contributed by atoms with E-state index in [2.05, 4.69) is 5.32 Å². The number of ether oxygens (including phenoxy) is 1. The highest BCUT2D eigenvalue weighted by Gasteiger charge is 2.23. The van der Waals surface area contributed by atoms with E-state index in [9.17, 15) is 14.4 Å². The van der Waals surface area contributed by atoms with Crippen molar-refractivity contribution in [2.75, 3.05) is 5.32 Å². The Kier molecular flexibility index (Phi) is 5.85. The normalized spacial score (nSPS) is 11.7. The largest absolute Gasteiger partial charge is 0.475 e. The number of carbonyl (C=O) groups is 2. The zero-order chi connectivity index (χ0) is 22.7. The number of para-hydroxylation sites is 1. The third-order valence-corrected chi connectivity index (χ3v) is 4.95. The lowest BCUT2D eigenvalue weighted by atomic mass is 10.1. The topological polar surface area (TPSA) is 85.6 Å². The number of hydrogen-bond acceptors (Lipinski definition) is 5. The summed E-state index contributed by atoms with van der Waals surface area (Å²) in [5.74, 6) is -0.233. The van der Waals surface area contributed by atoms with Gasteiger partial charge in [0, 0.05) is 23.7 Å². The van der Waals surface area contributed by atoms with Gasteiger partial charge in [0.25, 0.3) is 0 Å². The molecular formula is C26H21NO5. The van der Waals surface area contributed by atoms with Gasteiger partial charge in [-0.3, -0.25) is 14.4 Å². The number of hydrogen-bond donors (Lipinski definition) is 1. The van der Waals surface area contributed by atoms with E-state index in [4.69, 9.17) is 9.15 Å². The van der Waals surface area contributed by atoms with E-state index < -0.39 is 6.10 Å². The van der Waals surface area contributed by atoms with Crippen molar-refractivity contribution in [2.24, 2.45) is 0 Å². The molecule has 6 heteroatoms. The Morgan fingerprint density at radius 3 is 2.25 bits per heavy atom. The van der Waals surface area contributed by atoms with Crippen LogP contribution in [0, 0.1) is 0 Å². The summed E-state index contributed by atoms with van der Waals surface area (Å²) in [5, 5.41) is 3.03. The van der Waals surface area contributed by atoms with Crippen LogP contribution in [-0.4, -0.2) is 17.8 Å². The summed E-state index contributed by atoms with van der Waals surface area (Å²) in [6.07, 6.45) is -0.937. The number of anilines is 1. The molecule has 1 atom stereocenters. The van der Waals surface area contributed by atoms with Crippen molar-refractivity contribution in [3.8, 4) is 17.1 Å². The first kappa shape index (κ1) is 21.1. The molecule has 0 bridgehead atoms. The Morgan fingerprint density at radius 2 is 1.56 bits per heavy atom. The molecule has 1 aromatic heterocycles. The summed E-state index contributed by atoms with van der Waals surface area (Å²) in [7, 11) is 0. The maximum Gasteiger partial charge on any atom is 0.235 e. The molecule has 0 aliphatic heterocycles. The van der Waals surface area contributed by atoms with Crippen LogP contribution in [0.1, 0.15) is 24.2 Å². The van der Waals surface area contributed by atoms with Crippen LogP contribution in [0.2, 0.25) is 0 Å². The summed E-state index contributed by atoms with van der Waals surface area (Å²) in [4.78, 5) is 37.4. The molecule has 0 fully saturated rings. The van der Waals surface area contributed by atoms with Gasteiger partial charge in [-0.1, -0.05) is 42.5 Å². The van der Waals surface area contributed by atoms with E-state index in [-0.39, 0.29) is 28.6 Å². The molecule has 0 saturated heterocycles. The summed E-state index contributed by atoms with van der Waals surface area (Å²) in [5.41, 5.74) is 1.76. The highest BCUT2D eigenvalue weighted by atomic mass is 16.5. The van der Waals surface area contributed by atoms with E-state index in [1.54, 1.807) is 55.5 Å². The number of ketones is 1. The monoisotopic (exact) mass is 427 g/mol. The highest BCUT2D eigenvalue weighted by Crippen LogP contribution is 2.31. The molecular weight excluding hydrogens is 406 g/mol. The van der Waals surface area contributed by atoms with Gasteiger partial charge in [-0.2, -0.15) is 0 Å². The Morgan fingerprint density at radius 1 is 0.906 bits per heavy atom. The van der Waals surface area contributed by atoms with E-state index in [1.165, 1.54) is 6.92 Å². The van der Waals surface area contributed by atoms with Crippen molar-refractivity contribution in [1.82, 2.24) is 0 Å². The first-order valence-corrected chi connectivity index (χ1v) is 10.1. The van der Waals surface area contributed by atoms with E-state index in [0.29, 0.717) is 27.8 Å². The number of benzene rings is 3. The second-order valence-corrected chi connectivity index (χ2v) is 7.33. The minimum atomic E-state index is -0.937. The van der Waals surface area contributed by atoms with Crippen LogP contribution >= 0.6 is 0 Å². The van der Waals surface area contributed by atoms with Crippen molar-refractivity contribution in [1.29, 1.82) is 0 Å². The smallest absolute Gasteiger partial charge is 0.235 e. The standard InChI is InChI=1S/C26H21NO5/c1-16(23(29)18-12-14-20(15-13-18)27-17(2)28)31-26-24(30)21-10-6-7-11-22(21)32-25(26)19-8-4-3-5-9-19/h3-16H,1-2H3,(H,27,28). The summed E-state index contributed by atoms with van der Waals surface area (Å²) >= 11 is 0. The van der Waals surface area contributed by atoms with Gasteiger partial charge in [-0.15, -0.1) is 0 Å².